The molecule has 1 heterocycles. The monoisotopic (exact) mass is 305 g/mol. The number of fused-ring (bicyclic) bond motifs is 1. The topological polar surface area (TPSA) is 67.2 Å². The van der Waals surface area contributed by atoms with E-state index in [0.29, 0.717) is 17.1 Å². The van der Waals surface area contributed by atoms with E-state index < -0.39 is 0 Å². The fraction of sp³-hybridized carbons (Fsp3) is 0.111. The van der Waals surface area contributed by atoms with Crippen LogP contribution in [-0.2, 0) is 0 Å². The summed E-state index contributed by atoms with van der Waals surface area (Å²) in [5.74, 6) is 1.28. The van der Waals surface area contributed by atoms with Crippen molar-refractivity contribution >= 4 is 22.3 Å². The van der Waals surface area contributed by atoms with Crippen LogP contribution in [0.3, 0.4) is 0 Å². The molecule has 0 amide bonds. The summed E-state index contributed by atoms with van der Waals surface area (Å²) in [6.45, 7) is 0. The van der Waals surface area contributed by atoms with E-state index in [1.807, 2.05) is 30.3 Å². The Morgan fingerprint density at radius 3 is 2.57 bits per heavy atom. The third kappa shape index (κ3) is 2.87. The van der Waals surface area contributed by atoms with Crippen molar-refractivity contribution in [2.75, 3.05) is 19.5 Å². The molecule has 0 fully saturated rings. The smallest absolute Gasteiger partial charge is 0.162 e. The summed E-state index contributed by atoms with van der Waals surface area (Å²) < 4.78 is 10.7. The standard InChI is InChI=1S/C18H15N3O2/c1-22-17-9-14-15(6-7-20-16(14)10-18(17)23-2)21-13-5-3-4-12(8-13)11-19/h3-10H,1-2H3,(H,20,21). The molecule has 0 unspecified atom stereocenters. The lowest BCUT2D eigenvalue weighted by Gasteiger charge is -2.13. The Morgan fingerprint density at radius 2 is 1.83 bits per heavy atom. The molecule has 0 spiro atoms. The first-order valence-electron chi connectivity index (χ1n) is 7.03. The predicted octanol–water partition coefficient (Wildman–Crippen LogP) is 3.87. The molecule has 0 atom stereocenters. The molecule has 2 aromatic carbocycles. The Balaban J connectivity index is 2.08. The molecule has 5 nitrogen and oxygen atoms in total. The molecular formula is C18H15N3O2. The zero-order chi connectivity index (χ0) is 16.2. The van der Waals surface area contributed by atoms with Crippen molar-refractivity contribution in [1.82, 2.24) is 4.98 Å². The fourth-order valence-electron chi connectivity index (χ4n) is 2.40. The van der Waals surface area contributed by atoms with E-state index in [1.165, 1.54) is 0 Å². The number of anilines is 2. The van der Waals surface area contributed by atoms with Crippen molar-refractivity contribution < 1.29 is 9.47 Å². The number of aromatic nitrogens is 1. The highest BCUT2D eigenvalue weighted by atomic mass is 16.5. The summed E-state index contributed by atoms with van der Waals surface area (Å²) in [7, 11) is 3.20. The molecule has 0 saturated heterocycles. The molecular weight excluding hydrogens is 290 g/mol. The number of hydrogen-bond donors (Lipinski definition) is 1. The lowest BCUT2D eigenvalue weighted by Crippen LogP contribution is -1.95. The van der Waals surface area contributed by atoms with Gasteiger partial charge >= 0.3 is 0 Å². The Kier molecular flexibility index (Phi) is 3.98. The Bertz CT molecular complexity index is 900. The number of hydrogen-bond acceptors (Lipinski definition) is 5. The number of rotatable bonds is 4. The average Bonchev–Trinajstić information content (AvgIpc) is 2.61. The Morgan fingerprint density at radius 1 is 1.04 bits per heavy atom. The van der Waals surface area contributed by atoms with Gasteiger partial charge in [0, 0.05) is 29.0 Å². The van der Waals surface area contributed by atoms with Crippen LogP contribution in [0.4, 0.5) is 11.4 Å². The van der Waals surface area contributed by atoms with Gasteiger partial charge in [0.15, 0.2) is 11.5 Å². The number of ether oxygens (including phenoxy) is 2. The van der Waals surface area contributed by atoms with Crippen molar-refractivity contribution in [3.8, 4) is 17.6 Å². The SMILES string of the molecule is COc1cc2nccc(Nc3cccc(C#N)c3)c2cc1OC. The van der Waals surface area contributed by atoms with E-state index in [4.69, 9.17) is 14.7 Å². The lowest BCUT2D eigenvalue weighted by atomic mass is 10.1. The van der Waals surface area contributed by atoms with Gasteiger partial charge in [0.2, 0.25) is 0 Å². The molecule has 0 aliphatic rings. The summed E-state index contributed by atoms with van der Waals surface area (Å²) in [4.78, 5) is 4.37. The molecule has 0 aliphatic carbocycles. The minimum absolute atomic E-state index is 0.604. The number of nitriles is 1. The Hall–Kier alpha value is -3.26. The average molecular weight is 305 g/mol. The van der Waals surface area contributed by atoms with Crippen LogP contribution >= 0.6 is 0 Å². The van der Waals surface area contributed by atoms with Crippen LogP contribution in [-0.4, -0.2) is 19.2 Å². The molecule has 5 heteroatoms. The minimum atomic E-state index is 0.604. The Labute approximate surface area is 134 Å². The van der Waals surface area contributed by atoms with Crippen molar-refractivity contribution in [1.29, 1.82) is 5.26 Å². The summed E-state index contributed by atoms with van der Waals surface area (Å²) in [6, 6.07) is 15.1. The van der Waals surface area contributed by atoms with Crippen molar-refractivity contribution in [3.05, 3.63) is 54.2 Å². The molecule has 114 valence electrons. The highest BCUT2D eigenvalue weighted by molar-refractivity contribution is 5.95. The van der Waals surface area contributed by atoms with E-state index in [9.17, 15) is 0 Å². The number of methoxy groups -OCH3 is 2. The summed E-state index contributed by atoms with van der Waals surface area (Å²) >= 11 is 0. The van der Waals surface area contributed by atoms with Gasteiger partial charge in [-0.15, -0.1) is 0 Å². The predicted molar refractivity (Wildman–Crippen MR) is 89.3 cm³/mol. The highest BCUT2D eigenvalue weighted by Crippen LogP contribution is 2.35. The fourth-order valence-corrected chi connectivity index (χ4v) is 2.40. The molecule has 23 heavy (non-hydrogen) atoms. The molecule has 1 aromatic heterocycles. The van der Waals surface area contributed by atoms with E-state index >= 15 is 0 Å². The van der Waals surface area contributed by atoms with E-state index in [-0.39, 0.29) is 0 Å². The normalized spacial score (nSPS) is 10.1. The maximum absolute atomic E-state index is 9.01. The first kappa shape index (κ1) is 14.7. The van der Waals surface area contributed by atoms with Crippen LogP contribution in [0.1, 0.15) is 5.56 Å². The second kappa shape index (κ2) is 6.24. The number of nitrogens with zero attached hydrogens (tertiary/aromatic N) is 2. The summed E-state index contributed by atoms with van der Waals surface area (Å²) in [5, 5.41) is 13.2. The quantitative estimate of drug-likeness (QED) is 0.792. The molecule has 3 rings (SSSR count). The summed E-state index contributed by atoms with van der Waals surface area (Å²) in [6.07, 6.45) is 1.73. The highest BCUT2D eigenvalue weighted by Gasteiger charge is 2.10. The first-order valence-corrected chi connectivity index (χ1v) is 7.03. The van der Waals surface area contributed by atoms with E-state index in [0.717, 1.165) is 22.3 Å². The second-order valence-corrected chi connectivity index (χ2v) is 4.90. The van der Waals surface area contributed by atoms with Gasteiger partial charge < -0.3 is 14.8 Å². The van der Waals surface area contributed by atoms with E-state index in [2.05, 4.69) is 16.4 Å². The lowest BCUT2D eigenvalue weighted by molar-refractivity contribution is 0.356. The van der Waals surface area contributed by atoms with Crippen molar-refractivity contribution in [2.45, 2.75) is 0 Å². The molecule has 0 saturated carbocycles. The second-order valence-electron chi connectivity index (χ2n) is 4.90. The van der Waals surface area contributed by atoms with Crippen LogP contribution in [0.5, 0.6) is 11.5 Å². The van der Waals surface area contributed by atoms with Gasteiger partial charge in [0.05, 0.1) is 31.4 Å². The zero-order valence-corrected chi connectivity index (χ0v) is 12.8. The number of nitrogens with one attached hydrogen (secondary N) is 1. The van der Waals surface area contributed by atoms with E-state index in [1.54, 1.807) is 32.5 Å². The zero-order valence-electron chi connectivity index (χ0n) is 12.8. The first-order chi connectivity index (χ1) is 11.2. The largest absolute Gasteiger partial charge is 0.493 e. The third-order valence-corrected chi connectivity index (χ3v) is 3.52. The van der Waals surface area contributed by atoms with Gasteiger partial charge in [-0.3, -0.25) is 4.98 Å². The maximum Gasteiger partial charge on any atom is 0.162 e. The molecule has 0 bridgehead atoms. The van der Waals surface area contributed by atoms with Crippen molar-refractivity contribution in [3.63, 3.8) is 0 Å². The van der Waals surface area contributed by atoms with Gasteiger partial charge in [0.25, 0.3) is 0 Å². The molecule has 0 aliphatic heterocycles. The number of benzene rings is 2. The van der Waals surface area contributed by atoms with Gasteiger partial charge in [-0.05, 0) is 30.3 Å². The van der Waals surface area contributed by atoms with Crippen LogP contribution in [0.15, 0.2) is 48.7 Å². The van der Waals surface area contributed by atoms with Crippen LogP contribution in [0.2, 0.25) is 0 Å². The van der Waals surface area contributed by atoms with Gasteiger partial charge in [-0.25, -0.2) is 0 Å². The molecule has 1 N–H and O–H groups in total. The molecule has 3 aromatic rings. The van der Waals surface area contributed by atoms with Gasteiger partial charge in [-0.2, -0.15) is 5.26 Å². The van der Waals surface area contributed by atoms with Gasteiger partial charge in [-0.1, -0.05) is 6.07 Å². The minimum Gasteiger partial charge on any atom is -0.493 e. The molecule has 0 radical (unpaired) electrons. The summed E-state index contributed by atoms with van der Waals surface area (Å²) in [5.41, 5.74) is 3.12. The van der Waals surface area contributed by atoms with Crippen molar-refractivity contribution in [2.24, 2.45) is 0 Å². The van der Waals surface area contributed by atoms with Crippen LogP contribution in [0, 0.1) is 11.3 Å². The number of pyridine rings is 1. The van der Waals surface area contributed by atoms with Crippen LogP contribution < -0.4 is 14.8 Å². The maximum atomic E-state index is 9.01. The van der Waals surface area contributed by atoms with Crippen LogP contribution in [0.25, 0.3) is 10.9 Å². The van der Waals surface area contributed by atoms with Gasteiger partial charge in [0.1, 0.15) is 0 Å². The third-order valence-electron chi connectivity index (χ3n) is 3.52.